The van der Waals surface area contributed by atoms with E-state index < -0.39 is 11.8 Å². The Bertz CT molecular complexity index is 1340. The summed E-state index contributed by atoms with van der Waals surface area (Å²) in [7, 11) is 0. The van der Waals surface area contributed by atoms with Gasteiger partial charge in [-0.3, -0.25) is 14.4 Å². The van der Waals surface area contributed by atoms with Crippen LogP contribution >= 0.6 is 0 Å². The molecule has 0 heterocycles. The molecule has 3 rings (SSSR count). The third-order valence-electron chi connectivity index (χ3n) is 5.98. The molecule has 0 aliphatic heterocycles. The van der Waals surface area contributed by atoms with E-state index >= 15 is 0 Å². The quantitative estimate of drug-likeness (QED) is 0.176. The van der Waals surface area contributed by atoms with E-state index in [4.69, 9.17) is 9.47 Å². The smallest absolute Gasteiger partial charge is 0.329 e. The van der Waals surface area contributed by atoms with Crippen LogP contribution in [-0.2, 0) is 27.3 Å². The fraction of sp³-hybridized carbons (Fsp3) is 0.290. The van der Waals surface area contributed by atoms with Gasteiger partial charge in [0, 0.05) is 12.2 Å². The summed E-state index contributed by atoms with van der Waals surface area (Å²) in [6.07, 6.45) is 2.18. The second-order valence-electron chi connectivity index (χ2n) is 9.26. The second-order valence-corrected chi connectivity index (χ2v) is 9.26. The minimum absolute atomic E-state index is 0.196. The highest BCUT2D eigenvalue weighted by Crippen LogP contribution is 2.28. The first-order chi connectivity index (χ1) is 19.3. The monoisotopic (exact) mass is 544 g/mol. The Morgan fingerprint density at radius 2 is 1.65 bits per heavy atom. The molecule has 0 bridgehead atoms. The number of nitrogens with one attached hydrogen (secondary N) is 3. The van der Waals surface area contributed by atoms with Crippen molar-refractivity contribution in [1.82, 2.24) is 10.7 Å². The third kappa shape index (κ3) is 8.97. The number of rotatable bonds is 12. The zero-order valence-corrected chi connectivity index (χ0v) is 23.3. The molecule has 0 fully saturated rings. The van der Waals surface area contributed by atoms with Crippen molar-refractivity contribution in [2.24, 2.45) is 5.10 Å². The summed E-state index contributed by atoms with van der Waals surface area (Å²) in [6, 6.07) is 20.5. The van der Waals surface area contributed by atoms with E-state index in [0.29, 0.717) is 29.6 Å². The lowest BCUT2D eigenvalue weighted by molar-refractivity contribution is -0.139. The van der Waals surface area contributed by atoms with Gasteiger partial charge in [-0.2, -0.15) is 5.10 Å². The van der Waals surface area contributed by atoms with Gasteiger partial charge in [0.15, 0.2) is 18.1 Å². The number of hydrogen-bond acceptors (Lipinski definition) is 6. The van der Waals surface area contributed by atoms with Gasteiger partial charge in [-0.05, 0) is 65.8 Å². The molecule has 0 radical (unpaired) electrons. The van der Waals surface area contributed by atoms with Gasteiger partial charge < -0.3 is 20.1 Å². The average molecular weight is 545 g/mol. The summed E-state index contributed by atoms with van der Waals surface area (Å²) in [5.41, 5.74) is 6.71. The zero-order valence-electron chi connectivity index (χ0n) is 23.3. The van der Waals surface area contributed by atoms with Crippen molar-refractivity contribution in [2.75, 3.05) is 18.5 Å². The number of ether oxygens (including phenoxy) is 2. The number of hydrogen-bond donors (Lipinski definition) is 3. The van der Waals surface area contributed by atoms with E-state index in [1.165, 1.54) is 11.8 Å². The molecule has 9 nitrogen and oxygen atoms in total. The van der Waals surface area contributed by atoms with Gasteiger partial charge in [0.1, 0.15) is 0 Å². The fourth-order valence-electron chi connectivity index (χ4n) is 3.77. The summed E-state index contributed by atoms with van der Waals surface area (Å²) in [5.74, 6) is -0.730. The number of para-hydroxylation sites is 1. The van der Waals surface area contributed by atoms with Crippen LogP contribution in [0.25, 0.3) is 0 Å². The third-order valence-corrected chi connectivity index (χ3v) is 5.98. The van der Waals surface area contributed by atoms with Gasteiger partial charge in [0.2, 0.25) is 0 Å². The Labute approximate surface area is 235 Å². The van der Waals surface area contributed by atoms with Crippen LogP contribution in [0, 0.1) is 0 Å². The highest BCUT2D eigenvalue weighted by molar-refractivity contribution is 6.35. The van der Waals surface area contributed by atoms with Gasteiger partial charge in [0.25, 0.3) is 5.91 Å². The van der Waals surface area contributed by atoms with Gasteiger partial charge >= 0.3 is 11.8 Å². The molecule has 3 aromatic carbocycles. The largest absolute Gasteiger partial charge is 0.490 e. The van der Waals surface area contributed by atoms with E-state index in [0.717, 1.165) is 23.2 Å². The van der Waals surface area contributed by atoms with E-state index in [1.54, 1.807) is 18.2 Å². The van der Waals surface area contributed by atoms with E-state index in [2.05, 4.69) is 35.0 Å². The normalized spacial score (nSPS) is 10.8. The average Bonchev–Trinajstić information content (AvgIpc) is 2.96. The van der Waals surface area contributed by atoms with Crippen molar-refractivity contribution in [3.8, 4) is 11.5 Å². The molecule has 9 heteroatoms. The van der Waals surface area contributed by atoms with E-state index in [1.807, 2.05) is 62.4 Å². The van der Waals surface area contributed by atoms with Gasteiger partial charge in [-0.15, -0.1) is 0 Å². The first-order valence-electron chi connectivity index (χ1n) is 13.3. The molecule has 0 spiro atoms. The zero-order chi connectivity index (χ0) is 28.9. The van der Waals surface area contributed by atoms with Gasteiger partial charge in [0.05, 0.1) is 12.8 Å². The minimum Gasteiger partial charge on any atom is -0.490 e. The molecule has 0 aliphatic carbocycles. The first kappa shape index (κ1) is 29.9. The van der Waals surface area contributed by atoms with Gasteiger partial charge in [-0.1, -0.05) is 63.2 Å². The van der Waals surface area contributed by atoms with E-state index in [-0.39, 0.29) is 19.1 Å². The molecule has 0 aromatic heterocycles. The minimum atomic E-state index is -0.879. The van der Waals surface area contributed by atoms with Crippen LogP contribution in [0.2, 0.25) is 0 Å². The number of hydrazone groups is 1. The molecule has 3 N–H and O–H groups in total. The predicted molar refractivity (Wildman–Crippen MR) is 156 cm³/mol. The molecule has 0 saturated heterocycles. The molecule has 0 atom stereocenters. The molecule has 3 amide bonds. The molecule has 3 aromatic rings. The highest BCUT2D eigenvalue weighted by atomic mass is 16.5. The Morgan fingerprint density at radius 1 is 0.900 bits per heavy atom. The first-order valence-corrected chi connectivity index (χ1v) is 13.3. The molecule has 0 saturated carbocycles. The standard InChI is InChI=1S/C31H36N4O5/c1-5-24-9-7-8-10-26(24)34-29(36)20-40-27-16-13-23(17-28(27)39-6-2)19-33-35-31(38)30(37)32-18-22-11-14-25(15-12-22)21(3)4/h7-17,19,21H,5-6,18,20H2,1-4H3,(H,32,37)(H,34,36)(H,35,38)/b33-19-. The van der Waals surface area contributed by atoms with Crippen LogP contribution < -0.4 is 25.5 Å². The Kier molecular flexibility index (Phi) is 11.3. The molecule has 0 unspecified atom stereocenters. The number of nitrogens with zero attached hydrogens (tertiary/aromatic N) is 1. The summed E-state index contributed by atoms with van der Waals surface area (Å²) in [4.78, 5) is 36.7. The van der Waals surface area contributed by atoms with Crippen LogP contribution in [0.5, 0.6) is 11.5 Å². The van der Waals surface area contributed by atoms with Crippen LogP contribution in [0.15, 0.2) is 71.8 Å². The number of aryl methyl sites for hydroxylation is 1. The number of anilines is 1. The van der Waals surface area contributed by atoms with Crippen molar-refractivity contribution in [1.29, 1.82) is 0 Å². The Morgan fingerprint density at radius 3 is 2.35 bits per heavy atom. The lowest BCUT2D eigenvalue weighted by Crippen LogP contribution is -2.37. The summed E-state index contributed by atoms with van der Waals surface area (Å²) >= 11 is 0. The SMILES string of the molecule is CCOc1cc(/C=N\NC(=O)C(=O)NCc2ccc(C(C)C)cc2)ccc1OCC(=O)Nc1ccccc1CC. The van der Waals surface area contributed by atoms with Crippen molar-refractivity contribution in [3.63, 3.8) is 0 Å². The molecule has 40 heavy (non-hydrogen) atoms. The van der Waals surface area contributed by atoms with Crippen LogP contribution in [0.3, 0.4) is 0 Å². The maximum absolute atomic E-state index is 12.4. The predicted octanol–water partition coefficient (Wildman–Crippen LogP) is 4.56. The number of benzene rings is 3. The van der Waals surface area contributed by atoms with Crippen LogP contribution in [0.4, 0.5) is 5.69 Å². The van der Waals surface area contributed by atoms with Crippen molar-refractivity contribution >= 4 is 29.6 Å². The van der Waals surface area contributed by atoms with Crippen molar-refractivity contribution < 1.29 is 23.9 Å². The number of amides is 3. The van der Waals surface area contributed by atoms with Crippen molar-refractivity contribution in [2.45, 2.75) is 46.6 Å². The topological polar surface area (TPSA) is 118 Å². The van der Waals surface area contributed by atoms with Crippen molar-refractivity contribution in [3.05, 3.63) is 89.0 Å². The number of carbonyl (C=O) groups is 3. The molecule has 0 aliphatic rings. The summed E-state index contributed by atoms with van der Waals surface area (Å²) in [5, 5.41) is 9.32. The molecular weight excluding hydrogens is 508 g/mol. The molecular formula is C31H36N4O5. The maximum Gasteiger partial charge on any atom is 0.329 e. The van der Waals surface area contributed by atoms with Crippen LogP contribution in [0.1, 0.15) is 55.9 Å². The maximum atomic E-state index is 12.4. The lowest BCUT2D eigenvalue weighted by Gasteiger charge is -2.13. The van der Waals surface area contributed by atoms with E-state index in [9.17, 15) is 14.4 Å². The second kappa shape index (κ2) is 15.1. The lowest BCUT2D eigenvalue weighted by atomic mass is 10.0. The number of carbonyl (C=O) groups excluding carboxylic acids is 3. The summed E-state index contributed by atoms with van der Waals surface area (Å²) in [6.45, 7) is 8.48. The fourth-order valence-corrected chi connectivity index (χ4v) is 3.77. The van der Waals surface area contributed by atoms with Gasteiger partial charge in [-0.25, -0.2) is 5.43 Å². The highest BCUT2D eigenvalue weighted by Gasteiger charge is 2.13. The Hall–Kier alpha value is -4.66. The molecule has 210 valence electrons. The summed E-state index contributed by atoms with van der Waals surface area (Å²) < 4.78 is 11.4. The Balaban J connectivity index is 1.51. The van der Waals surface area contributed by atoms with Crippen LogP contribution in [-0.4, -0.2) is 37.1 Å².